The van der Waals surface area contributed by atoms with E-state index in [1.807, 2.05) is 32.0 Å². The number of benzene rings is 1. The number of carbonyl (C=O) groups excluding carboxylic acids is 2. The molecule has 8 nitrogen and oxygen atoms in total. The van der Waals surface area contributed by atoms with E-state index in [0.29, 0.717) is 37.3 Å². The largest absolute Gasteiger partial charge is 0.361 e. The van der Waals surface area contributed by atoms with E-state index in [2.05, 4.69) is 10.3 Å². The average Bonchev–Trinajstić information content (AvgIpc) is 3.15. The van der Waals surface area contributed by atoms with Crippen LogP contribution in [0.15, 0.2) is 23.1 Å². The highest BCUT2D eigenvalue weighted by atomic mass is 32.2. The molecule has 2 aliphatic rings. The lowest BCUT2D eigenvalue weighted by atomic mass is 9.97. The minimum atomic E-state index is -3.88. The summed E-state index contributed by atoms with van der Waals surface area (Å²) in [7, 11) is -3.88. The first-order chi connectivity index (χ1) is 16.6. The molecule has 2 N–H and O–H groups in total. The molecule has 2 saturated heterocycles. The van der Waals surface area contributed by atoms with Crippen molar-refractivity contribution in [1.82, 2.24) is 14.2 Å². The minimum Gasteiger partial charge on any atom is -0.361 e. The Morgan fingerprint density at radius 1 is 0.943 bits per heavy atom. The van der Waals surface area contributed by atoms with E-state index in [1.165, 1.54) is 4.31 Å². The monoisotopic (exact) mass is 500 g/mol. The topological polar surface area (TPSA) is 103 Å². The van der Waals surface area contributed by atoms with Gasteiger partial charge in [-0.2, -0.15) is 4.31 Å². The summed E-state index contributed by atoms with van der Waals surface area (Å²) in [5.74, 6) is -0.553. The number of hydrogen-bond donors (Lipinski definition) is 2. The van der Waals surface area contributed by atoms with Crippen molar-refractivity contribution in [3.63, 3.8) is 0 Å². The van der Waals surface area contributed by atoms with Crippen LogP contribution in [0.1, 0.15) is 65.0 Å². The molecule has 0 spiro atoms. The Balaban J connectivity index is 1.49. The van der Waals surface area contributed by atoms with Crippen LogP contribution in [-0.2, 0) is 14.8 Å². The number of aryl methyl sites for hydroxylation is 4. The lowest BCUT2D eigenvalue weighted by molar-refractivity contribution is -0.120. The molecule has 0 aliphatic carbocycles. The van der Waals surface area contributed by atoms with Crippen molar-refractivity contribution in [3.05, 3.63) is 46.3 Å². The second kappa shape index (κ2) is 10.1. The molecule has 4 rings (SSSR count). The van der Waals surface area contributed by atoms with Crippen molar-refractivity contribution in [1.29, 1.82) is 0 Å². The van der Waals surface area contributed by atoms with E-state index in [4.69, 9.17) is 0 Å². The van der Waals surface area contributed by atoms with Gasteiger partial charge < -0.3 is 15.2 Å². The van der Waals surface area contributed by atoms with Gasteiger partial charge in [0.25, 0.3) is 5.91 Å². The maximum atomic E-state index is 13.7. The van der Waals surface area contributed by atoms with Gasteiger partial charge in [0.2, 0.25) is 15.9 Å². The van der Waals surface area contributed by atoms with E-state index in [1.54, 1.807) is 18.7 Å². The number of H-pyrrole nitrogens is 1. The molecule has 2 fully saturated rings. The molecule has 1 aromatic heterocycles. The molecule has 2 amide bonds. The zero-order chi connectivity index (χ0) is 25.3. The van der Waals surface area contributed by atoms with Crippen LogP contribution in [0.4, 0.5) is 5.69 Å². The molecule has 3 heterocycles. The summed E-state index contributed by atoms with van der Waals surface area (Å²) < 4.78 is 28.9. The van der Waals surface area contributed by atoms with Crippen molar-refractivity contribution in [2.24, 2.45) is 5.92 Å². The molecule has 0 saturated carbocycles. The summed E-state index contributed by atoms with van der Waals surface area (Å²) in [6, 6.07) is 5.93. The van der Waals surface area contributed by atoms with Crippen LogP contribution in [0, 0.1) is 33.6 Å². The van der Waals surface area contributed by atoms with E-state index < -0.39 is 10.0 Å². The molecule has 35 heavy (non-hydrogen) atoms. The number of piperidine rings is 2. The van der Waals surface area contributed by atoms with Crippen LogP contribution < -0.4 is 5.32 Å². The molecule has 2 aromatic rings. The Kier molecular flexibility index (Phi) is 7.38. The molecule has 0 radical (unpaired) electrons. The van der Waals surface area contributed by atoms with Crippen molar-refractivity contribution >= 4 is 27.5 Å². The SMILES string of the molecule is Cc1ccc(C)c(NC(=O)C2CCN(S(=O)(=O)c3c(C)[nH]c(C)c3C(=O)N3CCCCC3)CC2)c1. The molecule has 0 atom stereocenters. The van der Waals surface area contributed by atoms with Gasteiger partial charge >= 0.3 is 0 Å². The molecule has 0 bridgehead atoms. The van der Waals surface area contributed by atoms with Crippen molar-refractivity contribution in [2.45, 2.75) is 64.7 Å². The Labute approximate surface area is 208 Å². The number of amides is 2. The molecule has 9 heteroatoms. The van der Waals surface area contributed by atoms with Gasteiger partial charge in [-0.05, 0) is 77.0 Å². The lowest BCUT2D eigenvalue weighted by Gasteiger charge is -2.31. The number of nitrogens with zero attached hydrogens (tertiary/aromatic N) is 2. The van der Waals surface area contributed by atoms with Gasteiger partial charge in [0.1, 0.15) is 4.90 Å². The highest BCUT2D eigenvalue weighted by molar-refractivity contribution is 7.89. The Morgan fingerprint density at radius 2 is 1.60 bits per heavy atom. The smallest absolute Gasteiger partial charge is 0.257 e. The van der Waals surface area contributed by atoms with Gasteiger partial charge in [-0.3, -0.25) is 9.59 Å². The summed E-state index contributed by atoms with van der Waals surface area (Å²) in [6.07, 6.45) is 3.84. The maximum Gasteiger partial charge on any atom is 0.257 e. The molecular weight excluding hydrogens is 464 g/mol. The fourth-order valence-electron chi connectivity index (χ4n) is 5.19. The van der Waals surface area contributed by atoms with E-state index in [9.17, 15) is 18.0 Å². The molecule has 2 aliphatic heterocycles. The fraction of sp³-hybridized carbons (Fsp3) is 0.538. The van der Waals surface area contributed by atoms with Crippen molar-refractivity contribution < 1.29 is 18.0 Å². The van der Waals surface area contributed by atoms with Gasteiger partial charge in [-0.25, -0.2) is 8.42 Å². The zero-order valence-electron chi connectivity index (χ0n) is 21.1. The van der Waals surface area contributed by atoms with Gasteiger partial charge in [-0.15, -0.1) is 0 Å². The van der Waals surface area contributed by atoms with Crippen molar-refractivity contribution in [2.75, 3.05) is 31.5 Å². The third-order valence-corrected chi connectivity index (χ3v) is 9.32. The van der Waals surface area contributed by atoms with Crippen LogP contribution in [0.25, 0.3) is 0 Å². The first kappa shape index (κ1) is 25.4. The van der Waals surface area contributed by atoms with E-state index in [-0.39, 0.29) is 41.3 Å². The molecule has 190 valence electrons. The van der Waals surface area contributed by atoms with Crippen LogP contribution in [-0.4, -0.2) is 60.6 Å². The highest BCUT2D eigenvalue weighted by Gasteiger charge is 2.38. The summed E-state index contributed by atoms with van der Waals surface area (Å²) in [5.41, 5.74) is 4.19. The van der Waals surface area contributed by atoms with Gasteiger partial charge in [0.05, 0.1) is 5.56 Å². The number of likely N-dealkylation sites (tertiary alicyclic amines) is 1. The third kappa shape index (κ3) is 5.16. The van der Waals surface area contributed by atoms with Crippen LogP contribution in [0.2, 0.25) is 0 Å². The Bertz CT molecular complexity index is 1220. The van der Waals surface area contributed by atoms with Crippen LogP contribution in [0.3, 0.4) is 0 Å². The summed E-state index contributed by atoms with van der Waals surface area (Å²) in [6.45, 7) is 9.19. The van der Waals surface area contributed by atoms with E-state index >= 15 is 0 Å². The number of anilines is 1. The quantitative estimate of drug-likeness (QED) is 0.650. The average molecular weight is 501 g/mol. The predicted octanol–water partition coefficient (Wildman–Crippen LogP) is 3.91. The Morgan fingerprint density at radius 3 is 2.26 bits per heavy atom. The fourth-order valence-corrected chi connectivity index (χ4v) is 7.07. The van der Waals surface area contributed by atoms with Crippen LogP contribution in [0.5, 0.6) is 0 Å². The molecule has 1 aromatic carbocycles. The van der Waals surface area contributed by atoms with Gasteiger partial charge in [-0.1, -0.05) is 12.1 Å². The molecule has 0 unspecified atom stereocenters. The summed E-state index contributed by atoms with van der Waals surface area (Å²) in [5, 5.41) is 3.02. The van der Waals surface area contributed by atoms with Crippen molar-refractivity contribution in [3.8, 4) is 0 Å². The number of hydrogen-bond acceptors (Lipinski definition) is 4. The van der Waals surface area contributed by atoms with Crippen LogP contribution >= 0.6 is 0 Å². The number of nitrogens with one attached hydrogen (secondary N) is 2. The normalized spacial score (nSPS) is 18.0. The van der Waals surface area contributed by atoms with Gasteiger partial charge in [0, 0.05) is 49.2 Å². The molecular formula is C26H36N4O4S. The standard InChI is InChI=1S/C26H36N4O4S/c1-17-8-9-18(2)22(16-17)28-25(31)21-10-14-30(15-11-21)35(33,34)24-20(4)27-19(3)23(24)26(32)29-12-6-5-7-13-29/h8-9,16,21,27H,5-7,10-15H2,1-4H3,(H,28,31). The zero-order valence-corrected chi connectivity index (χ0v) is 21.9. The Hall–Kier alpha value is -2.65. The second-order valence-corrected chi connectivity index (χ2v) is 11.8. The second-order valence-electron chi connectivity index (χ2n) is 9.92. The summed E-state index contributed by atoms with van der Waals surface area (Å²) in [4.78, 5) is 31.2. The summed E-state index contributed by atoms with van der Waals surface area (Å²) >= 11 is 0. The van der Waals surface area contributed by atoms with E-state index in [0.717, 1.165) is 36.1 Å². The first-order valence-electron chi connectivity index (χ1n) is 12.5. The lowest BCUT2D eigenvalue weighted by Crippen LogP contribution is -2.42. The minimum absolute atomic E-state index is 0.0783. The number of aromatic nitrogens is 1. The van der Waals surface area contributed by atoms with Gasteiger partial charge in [0.15, 0.2) is 0 Å². The number of sulfonamides is 1. The number of aromatic amines is 1. The highest BCUT2D eigenvalue weighted by Crippen LogP contribution is 2.32. The number of carbonyl (C=O) groups is 2. The maximum absolute atomic E-state index is 13.7. The first-order valence-corrected chi connectivity index (χ1v) is 13.9. The number of rotatable bonds is 5. The third-order valence-electron chi connectivity index (χ3n) is 7.25. The predicted molar refractivity (Wildman–Crippen MR) is 136 cm³/mol.